The number of hydrogen-bond donors (Lipinski definition) is 2. The van der Waals surface area contributed by atoms with Crippen molar-refractivity contribution < 1.29 is 19.4 Å². The highest BCUT2D eigenvalue weighted by Gasteiger charge is 2.15. The Hall–Kier alpha value is -2.82. The van der Waals surface area contributed by atoms with Gasteiger partial charge in [0.2, 0.25) is 0 Å². The molecular weight excluding hydrogens is 306 g/mol. The Labute approximate surface area is 140 Å². The molecule has 0 saturated heterocycles. The van der Waals surface area contributed by atoms with E-state index in [9.17, 15) is 9.59 Å². The monoisotopic (exact) mass is 325 g/mol. The summed E-state index contributed by atoms with van der Waals surface area (Å²) in [7, 11) is 1.44. The van der Waals surface area contributed by atoms with Gasteiger partial charge < -0.3 is 15.2 Å². The van der Waals surface area contributed by atoms with Gasteiger partial charge in [0.05, 0.1) is 18.4 Å². The van der Waals surface area contributed by atoms with E-state index in [4.69, 9.17) is 9.84 Å². The maximum Gasteiger partial charge on any atom is 0.335 e. The predicted octanol–water partition coefficient (Wildman–Crippen LogP) is 3.52. The van der Waals surface area contributed by atoms with Gasteiger partial charge in [-0.3, -0.25) is 4.79 Å². The smallest absolute Gasteiger partial charge is 0.335 e. The topological polar surface area (TPSA) is 75.6 Å². The second-order valence-corrected chi connectivity index (χ2v) is 5.86. The molecule has 5 nitrogen and oxygen atoms in total. The lowest BCUT2D eigenvalue weighted by molar-refractivity contribution is 0.0696. The van der Waals surface area contributed by atoms with Crippen LogP contribution in [0.2, 0.25) is 0 Å². The summed E-state index contributed by atoms with van der Waals surface area (Å²) in [5.41, 5.74) is 3.71. The second kappa shape index (κ2) is 6.74. The van der Waals surface area contributed by atoms with Crippen LogP contribution >= 0.6 is 0 Å². The van der Waals surface area contributed by atoms with Crippen LogP contribution in [-0.2, 0) is 12.8 Å². The van der Waals surface area contributed by atoms with Gasteiger partial charge >= 0.3 is 5.97 Å². The van der Waals surface area contributed by atoms with Gasteiger partial charge in [0.25, 0.3) is 5.91 Å². The molecule has 0 aliphatic heterocycles. The highest BCUT2D eigenvalue weighted by atomic mass is 16.5. The minimum atomic E-state index is -1.04. The minimum absolute atomic E-state index is 0.110. The molecule has 1 amide bonds. The van der Waals surface area contributed by atoms with Crippen LogP contribution in [0.4, 0.5) is 5.69 Å². The number of carboxylic acid groups (broad SMARTS) is 1. The molecule has 1 aliphatic carbocycles. The first-order valence-corrected chi connectivity index (χ1v) is 7.93. The van der Waals surface area contributed by atoms with E-state index in [-0.39, 0.29) is 11.5 Å². The number of hydrogen-bond acceptors (Lipinski definition) is 3. The molecule has 24 heavy (non-hydrogen) atoms. The number of carboxylic acids is 1. The van der Waals surface area contributed by atoms with Crippen molar-refractivity contribution >= 4 is 17.6 Å². The van der Waals surface area contributed by atoms with E-state index >= 15 is 0 Å². The first-order chi connectivity index (χ1) is 11.6. The second-order valence-electron chi connectivity index (χ2n) is 5.86. The molecule has 0 fully saturated rings. The number of rotatable bonds is 4. The third kappa shape index (κ3) is 3.25. The lowest BCUT2D eigenvalue weighted by atomic mass is 9.90. The van der Waals surface area contributed by atoms with Crippen LogP contribution < -0.4 is 10.1 Å². The molecule has 0 unspecified atom stereocenters. The fourth-order valence-electron chi connectivity index (χ4n) is 3.00. The molecule has 124 valence electrons. The van der Waals surface area contributed by atoms with Gasteiger partial charge in [-0.15, -0.1) is 0 Å². The fourth-order valence-corrected chi connectivity index (χ4v) is 3.00. The lowest BCUT2D eigenvalue weighted by Gasteiger charge is -2.17. The van der Waals surface area contributed by atoms with Gasteiger partial charge in [-0.1, -0.05) is 6.07 Å². The normalized spacial score (nSPS) is 13.0. The Bertz CT molecular complexity index is 798. The zero-order valence-electron chi connectivity index (χ0n) is 13.5. The molecule has 0 radical (unpaired) electrons. The molecule has 0 bridgehead atoms. The van der Waals surface area contributed by atoms with E-state index < -0.39 is 5.97 Å². The predicted molar refractivity (Wildman–Crippen MR) is 91.0 cm³/mol. The largest absolute Gasteiger partial charge is 0.495 e. The number of carbonyl (C=O) groups is 2. The van der Waals surface area contributed by atoms with Gasteiger partial charge in [0, 0.05) is 5.56 Å². The molecule has 2 aromatic rings. The summed E-state index contributed by atoms with van der Waals surface area (Å²) in [6.45, 7) is 0. The lowest BCUT2D eigenvalue weighted by Crippen LogP contribution is -2.14. The molecule has 2 N–H and O–H groups in total. The number of benzene rings is 2. The van der Waals surface area contributed by atoms with Crippen LogP contribution in [0.25, 0.3) is 0 Å². The molecule has 1 aliphatic rings. The maximum atomic E-state index is 12.5. The van der Waals surface area contributed by atoms with Crippen LogP contribution in [0, 0.1) is 0 Å². The van der Waals surface area contributed by atoms with Crippen molar-refractivity contribution in [3.63, 3.8) is 0 Å². The molecular formula is C19H19NO4. The quantitative estimate of drug-likeness (QED) is 0.902. The van der Waals surface area contributed by atoms with Crippen molar-refractivity contribution in [2.45, 2.75) is 25.7 Å². The Morgan fingerprint density at radius 1 is 1.00 bits per heavy atom. The van der Waals surface area contributed by atoms with E-state index in [1.54, 1.807) is 6.07 Å². The number of aromatic carboxylic acids is 1. The number of methoxy groups -OCH3 is 1. The molecule has 0 heterocycles. The maximum absolute atomic E-state index is 12.5. The van der Waals surface area contributed by atoms with Crippen molar-refractivity contribution in [2.24, 2.45) is 0 Å². The number of fused-ring (bicyclic) bond motifs is 1. The molecule has 3 rings (SSSR count). The SMILES string of the molecule is COc1cc(C(=O)O)ccc1NC(=O)c1ccc2c(c1)CCCC2. The van der Waals surface area contributed by atoms with Crippen LogP contribution in [0.15, 0.2) is 36.4 Å². The Kier molecular flexibility index (Phi) is 4.51. The molecule has 0 saturated carbocycles. The summed E-state index contributed by atoms with van der Waals surface area (Å²) in [6.07, 6.45) is 4.43. The van der Waals surface area contributed by atoms with Gasteiger partial charge in [-0.25, -0.2) is 4.79 Å². The summed E-state index contributed by atoms with van der Waals surface area (Å²) in [5.74, 6) is -0.952. The van der Waals surface area contributed by atoms with Crippen molar-refractivity contribution in [2.75, 3.05) is 12.4 Å². The third-order valence-electron chi connectivity index (χ3n) is 4.31. The van der Waals surface area contributed by atoms with Gasteiger partial charge in [-0.2, -0.15) is 0 Å². The van der Waals surface area contributed by atoms with E-state index in [1.165, 1.54) is 36.8 Å². The highest BCUT2D eigenvalue weighted by molar-refractivity contribution is 6.05. The molecule has 5 heteroatoms. The molecule has 2 aromatic carbocycles. The Morgan fingerprint density at radius 2 is 1.71 bits per heavy atom. The van der Waals surface area contributed by atoms with Crippen molar-refractivity contribution in [1.29, 1.82) is 0 Å². The summed E-state index contributed by atoms with van der Waals surface area (Å²) in [5, 5.41) is 11.8. The summed E-state index contributed by atoms with van der Waals surface area (Å²) in [6, 6.07) is 10.2. The first kappa shape index (κ1) is 16.1. The molecule has 0 spiro atoms. The number of anilines is 1. The number of nitrogens with one attached hydrogen (secondary N) is 1. The number of aryl methyl sites for hydroxylation is 2. The van der Waals surface area contributed by atoms with E-state index in [1.807, 2.05) is 18.2 Å². The highest BCUT2D eigenvalue weighted by Crippen LogP contribution is 2.27. The van der Waals surface area contributed by atoms with E-state index in [2.05, 4.69) is 5.32 Å². The number of ether oxygens (including phenoxy) is 1. The summed E-state index contributed by atoms with van der Waals surface area (Å²) < 4.78 is 5.19. The van der Waals surface area contributed by atoms with Crippen LogP contribution in [0.5, 0.6) is 5.75 Å². The van der Waals surface area contributed by atoms with Crippen molar-refractivity contribution in [3.05, 3.63) is 58.7 Å². The number of amides is 1. The summed E-state index contributed by atoms with van der Waals surface area (Å²) in [4.78, 5) is 23.5. The van der Waals surface area contributed by atoms with Crippen LogP contribution in [0.1, 0.15) is 44.7 Å². The van der Waals surface area contributed by atoms with Gasteiger partial charge in [0.15, 0.2) is 0 Å². The van der Waals surface area contributed by atoms with Crippen molar-refractivity contribution in [3.8, 4) is 5.75 Å². The Morgan fingerprint density at radius 3 is 2.42 bits per heavy atom. The van der Waals surface area contributed by atoms with Crippen LogP contribution in [0.3, 0.4) is 0 Å². The Balaban J connectivity index is 1.83. The average Bonchev–Trinajstić information content (AvgIpc) is 2.61. The zero-order chi connectivity index (χ0) is 17.1. The minimum Gasteiger partial charge on any atom is -0.495 e. The summed E-state index contributed by atoms with van der Waals surface area (Å²) >= 11 is 0. The van der Waals surface area contributed by atoms with Gasteiger partial charge in [-0.05, 0) is 67.1 Å². The fraction of sp³-hybridized carbons (Fsp3) is 0.263. The number of carbonyl (C=O) groups excluding carboxylic acids is 1. The first-order valence-electron chi connectivity index (χ1n) is 7.93. The van der Waals surface area contributed by atoms with Crippen molar-refractivity contribution in [1.82, 2.24) is 0 Å². The van der Waals surface area contributed by atoms with E-state index in [0.717, 1.165) is 19.3 Å². The standard InChI is InChI=1S/C19H19NO4/c1-24-17-11-15(19(22)23)8-9-16(17)20-18(21)14-7-6-12-4-2-3-5-13(12)10-14/h6-11H,2-5H2,1H3,(H,20,21)(H,22,23). The molecule has 0 aromatic heterocycles. The molecule has 0 atom stereocenters. The average molecular weight is 325 g/mol. The van der Waals surface area contributed by atoms with E-state index in [0.29, 0.717) is 17.0 Å². The zero-order valence-corrected chi connectivity index (χ0v) is 13.5. The van der Waals surface area contributed by atoms with Gasteiger partial charge in [0.1, 0.15) is 5.75 Å². The van der Waals surface area contributed by atoms with Crippen LogP contribution in [-0.4, -0.2) is 24.1 Å². The third-order valence-corrected chi connectivity index (χ3v) is 4.31.